The molecule has 5 nitrogen and oxygen atoms in total. The van der Waals surface area contributed by atoms with E-state index in [2.05, 4.69) is 9.56 Å². The smallest absolute Gasteiger partial charge is 0.338 e. The minimum absolute atomic E-state index is 0.341. The third-order valence-electron chi connectivity index (χ3n) is 4.14. The number of aryl methyl sites for hydroxylation is 1. The summed E-state index contributed by atoms with van der Waals surface area (Å²) in [5, 5.41) is 0. The SMILES string of the molecule is CCOC(=O)c1cccc(N=Cc2ccc(C)n2-c2ccc(OC)cc2)c1. The molecule has 0 aliphatic heterocycles. The highest BCUT2D eigenvalue weighted by atomic mass is 16.5. The molecule has 1 heterocycles. The minimum atomic E-state index is -0.341. The van der Waals surface area contributed by atoms with Crippen molar-refractivity contribution in [3.8, 4) is 11.4 Å². The predicted molar refractivity (Wildman–Crippen MR) is 107 cm³/mol. The lowest BCUT2D eigenvalue weighted by atomic mass is 10.2. The molecule has 0 aliphatic carbocycles. The number of aliphatic imine (C=N–C) groups is 1. The zero-order valence-corrected chi connectivity index (χ0v) is 15.7. The van der Waals surface area contributed by atoms with Crippen LogP contribution in [0.25, 0.3) is 5.69 Å². The number of hydrogen-bond donors (Lipinski definition) is 0. The molecule has 0 fully saturated rings. The second kappa shape index (κ2) is 8.36. The van der Waals surface area contributed by atoms with Crippen LogP contribution < -0.4 is 4.74 Å². The van der Waals surface area contributed by atoms with Gasteiger partial charge in [0, 0.05) is 11.4 Å². The summed E-state index contributed by atoms with van der Waals surface area (Å²) in [6.45, 7) is 4.18. The topological polar surface area (TPSA) is 52.8 Å². The molecule has 0 N–H and O–H groups in total. The molecule has 0 radical (unpaired) electrons. The number of carbonyl (C=O) groups is 1. The van der Waals surface area contributed by atoms with E-state index in [9.17, 15) is 4.79 Å². The highest BCUT2D eigenvalue weighted by Gasteiger charge is 2.08. The van der Waals surface area contributed by atoms with Gasteiger partial charge in [-0.15, -0.1) is 0 Å². The summed E-state index contributed by atoms with van der Waals surface area (Å²) in [5.74, 6) is 0.474. The lowest BCUT2D eigenvalue weighted by Crippen LogP contribution is -2.04. The molecule has 0 aliphatic rings. The van der Waals surface area contributed by atoms with Gasteiger partial charge in [-0.3, -0.25) is 4.99 Å². The Labute approximate surface area is 158 Å². The lowest BCUT2D eigenvalue weighted by molar-refractivity contribution is 0.0526. The van der Waals surface area contributed by atoms with E-state index < -0.39 is 0 Å². The summed E-state index contributed by atoms with van der Waals surface area (Å²) in [6.07, 6.45) is 1.79. The van der Waals surface area contributed by atoms with Crippen molar-refractivity contribution >= 4 is 17.9 Å². The van der Waals surface area contributed by atoms with Crippen LogP contribution >= 0.6 is 0 Å². The van der Waals surface area contributed by atoms with Gasteiger partial charge in [0.2, 0.25) is 0 Å². The number of rotatable bonds is 6. The number of benzene rings is 2. The van der Waals surface area contributed by atoms with Crippen LogP contribution in [0.2, 0.25) is 0 Å². The van der Waals surface area contributed by atoms with E-state index in [1.54, 1.807) is 38.4 Å². The van der Waals surface area contributed by atoms with Gasteiger partial charge in [-0.25, -0.2) is 4.79 Å². The van der Waals surface area contributed by atoms with Gasteiger partial charge in [0.15, 0.2) is 0 Å². The van der Waals surface area contributed by atoms with Crippen LogP contribution in [-0.2, 0) is 4.74 Å². The number of methoxy groups -OCH3 is 1. The van der Waals surface area contributed by atoms with Crippen LogP contribution in [0.15, 0.2) is 65.7 Å². The van der Waals surface area contributed by atoms with E-state index in [-0.39, 0.29) is 5.97 Å². The maximum absolute atomic E-state index is 11.9. The van der Waals surface area contributed by atoms with Crippen LogP contribution in [0.3, 0.4) is 0 Å². The van der Waals surface area contributed by atoms with Gasteiger partial charge in [-0.2, -0.15) is 0 Å². The highest BCUT2D eigenvalue weighted by Crippen LogP contribution is 2.20. The number of ether oxygens (including phenoxy) is 2. The molecule has 0 bridgehead atoms. The van der Waals surface area contributed by atoms with E-state index in [0.717, 1.165) is 22.8 Å². The van der Waals surface area contributed by atoms with Crippen molar-refractivity contribution in [1.82, 2.24) is 4.57 Å². The fourth-order valence-electron chi connectivity index (χ4n) is 2.81. The van der Waals surface area contributed by atoms with Crippen LogP contribution in [0.1, 0.15) is 28.7 Å². The van der Waals surface area contributed by atoms with Crippen molar-refractivity contribution in [2.75, 3.05) is 13.7 Å². The summed E-state index contributed by atoms with van der Waals surface area (Å²) >= 11 is 0. The van der Waals surface area contributed by atoms with E-state index in [0.29, 0.717) is 17.9 Å². The van der Waals surface area contributed by atoms with Crippen LogP contribution in [0.4, 0.5) is 5.69 Å². The van der Waals surface area contributed by atoms with Crippen molar-refractivity contribution in [3.05, 3.63) is 77.6 Å². The Morgan fingerprint density at radius 3 is 2.59 bits per heavy atom. The van der Waals surface area contributed by atoms with Crippen LogP contribution in [0, 0.1) is 6.92 Å². The summed E-state index contributed by atoms with van der Waals surface area (Å²) in [5.41, 5.74) is 4.26. The number of hydrogen-bond acceptors (Lipinski definition) is 4. The molecule has 0 saturated heterocycles. The van der Waals surface area contributed by atoms with Gasteiger partial charge in [0.05, 0.1) is 36.9 Å². The van der Waals surface area contributed by atoms with E-state index >= 15 is 0 Å². The van der Waals surface area contributed by atoms with Crippen molar-refractivity contribution in [1.29, 1.82) is 0 Å². The van der Waals surface area contributed by atoms with Crippen molar-refractivity contribution in [3.63, 3.8) is 0 Å². The van der Waals surface area contributed by atoms with E-state index in [4.69, 9.17) is 9.47 Å². The van der Waals surface area contributed by atoms with Crippen molar-refractivity contribution < 1.29 is 14.3 Å². The molecule has 138 valence electrons. The third kappa shape index (κ3) is 4.26. The number of carbonyl (C=O) groups excluding carboxylic acids is 1. The number of nitrogens with zero attached hydrogens (tertiary/aromatic N) is 2. The summed E-state index contributed by atoms with van der Waals surface area (Å²) < 4.78 is 12.4. The quantitative estimate of drug-likeness (QED) is 0.471. The van der Waals surface area contributed by atoms with Gasteiger partial charge in [-0.05, 0) is 68.4 Å². The monoisotopic (exact) mass is 362 g/mol. The Morgan fingerprint density at radius 2 is 1.89 bits per heavy atom. The standard InChI is InChI=1S/C22H22N2O3/c1-4-27-22(25)17-6-5-7-18(14-17)23-15-20-9-8-16(2)24(20)19-10-12-21(26-3)13-11-19/h5-15H,4H2,1-3H3. The maximum atomic E-state index is 11.9. The Balaban J connectivity index is 1.88. The Hall–Kier alpha value is -3.34. The highest BCUT2D eigenvalue weighted by molar-refractivity contribution is 5.91. The zero-order valence-electron chi connectivity index (χ0n) is 15.7. The maximum Gasteiger partial charge on any atom is 0.338 e. The van der Waals surface area contributed by atoms with Gasteiger partial charge < -0.3 is 14.0 Å². The largest absolute Gasteiger partial charge is 0.497 e. The predicted octanol–water partition coefficient (Wildman–Crippen LogP) is 4.72. The molecule has 0 amide bonds. The average molecular weight is 362 g/mol. The second-order valence-corrected chi connectivity index (χ2v) is 5.96. The molecule has 1 aromatic heterocycles. The summed E-state index contributed by atoms with van der Waals surface area (Å²) in [4.78, 5) is 16.4. The first-order valence-corrected chi connectivity index (χ1v) is 8.76. The van der Waals surface area contributed by atoms with Crippen molar-refractivity contribution in [2.24, 2.45) is 4.99 Å². The molecule has 3 rings (SSSR count). The fraction of sp³-hybridized carbons (Fsp3) is 0.182. The van der Waals surface area contributed by atoms with Gasteiger partial charge in [0.25, 0.3) is 0 Å². The Bertz CT molecular complexity index is 956. The zero-order chi connectivity index (χ0) is 19.2. The molecule has 0 unspecified atom stereocenters. The first kappa shape index (κ1) is 18.5. The van der Waals surface area contributed by atoms with Gasteiger partial charge >= 0.3 is 5.97 Å². The molecule has 0 spiro atoms. The first-order valence-electron chi connectivity index (χ1n) is 8.76. The molecule has 0 atom stereocenters. The Morgan fingerprint density at radius 1 is 1.11 bits per heavy atom. The molecule has 27 heavy (non-hydrogen) atoms. The van der Waals surface area contributed by atoms with Crippen LogP contribution in [-0.4, -0.2) is 30.5 Å². The van der Waals surface area contributed by atoms with Gasteiger partial charge in [-0.1, -0.05) is 6.07 Å². The molecule has 2 aromatic carbocycles. The minimum Gasteiger partial charge on any atom is -0.497 e. The summed E-state index contributed by atoms with van der Waals surface area (Å²) in [7, 11) is 1.65. The number of esters is 1. The van der Waals surface area contributed by atoms with E-state index in [1.165, 1.54) is 0 Å². The van der Waals surface area contributed by atoms with Crippen LogP contribution in [0.5, 0.6) is 5.75 Å². The fourth-order valence-corrected chi connectivity index (χ4v) is 2.81. The average Bonchev–Trinajstić information content (AvgIpc) is 3.07. The third-order valence-corrected chi connectivity index (χ3v) is 4.14. The summed E-state index contributed by atoms with van der Waals surface area (Å²) in [6, 6.07) is 19.0. The second-order valence-electron chi connectivity index (χ2n) is 5.96. The molecule has 3 aromatic rings. The normalized spacial score (nSPS) is 10.9. The molecule has 5 heteroatoms. The first-order chi connectivity index (χ1) is 13.1. The Kier molecular flexibility index (Phi) is 5.71. The van der Waals surface area contributed by atoms with Gasteiger partial charge in [0.1, 0.15) is 5.75 Å². The number of aromatic nitrogens is 1. The molecular formula is C22H22N2O3. The molecule has 0 saturated carbocycles. The lowest BCUT2D eigenvalue weighted by Gasteiger charge is -2.10. The van der Waals surface area contributed by atoms with E-state index in [1.807, 2.05) is 49.4 Å². The molecular weight excluding hydrogens is 340 g/mol. The van der Waals surface area contributed by atoms with Crippen molar-refractivity contribution in [2.45, 2.75) is 13.8 Å².